The SMILES string of the molecule is C[C@H](C(=O)Nc1cc(Cl)ccc1Cl)N1CCC(C(=O)NCc2ccccc2)CC1. The van der Waals surface area contributed by atoms with Gasteiger partial charge in [-0.2, -0.15) is 0 Å². The van der Waals surface area contributed by atoms with Crippen LogP contribution in [0.1, 0.15) is 25.3 Å². The maximum Gasteiger partial charge on any atom is 0.241 e. The Morgan fingerprint density at radius 1 is 1.10 bits per heavy atom. The Bertz CT molecular complexity index is 852. The first-order chi connectivity index (χ1) is 13.9. The highest BCUT2D eigenvalue weighted by molar-refractivity contribution is 6.35. The minimum atomic E-state index is -0.321. The number of rotatable bonds is 6. The molecule has 0 saturated carbocycles. The number of likely N-dealkylation sites (tertiary alicyclic amines) is 1. The number of hydrogen-bond acceptors (Lipinski definition) is 3. The Hall–Kier alpha value is -2.08. The quantitative estimate of drug-likeness (QED) is 0.711. The molecule has 1 aliphatic heterocycles. The van der Waals surface area contributed by atoms with Crippen molar-refractivity contribution < 1.29 is 9.59 Å². The molecule has 3 rings (SSSR count). The van der Waals surface area contributed by atoms with Crippen LogP contribution in [0.25, 0.3) is 0 Å². The summed E-state index contributed by atoms with van der Waals surface area (Å²) in [5.41, 5.74) is 1.59. The number of nitrogens with zero attached hydrogens (tertiary/aromatic N) is 1. The molecule has 1 atom stereocenters. The van der Waals surface area contributed by atoms with Gasteiger partial charge in [0.25, 0.3) is 0 Å². The highest BCUT2D eigenvalue weighted by atomic mass is 35.5. The molecule has 1 heterocycles. The van der Waals surface area contributed by atoms with Gasteiger partial charge in [-0.15, -0.1) is 0 Å². The van der Waals surface area contributed by atoms with Gasteiger partial charge in [-0.25, -0.2) is 0 Å². The van der Waals surface area contributed by atoms with Crippen LogP contribution >= 0.6 is 23.2 Å². The molecule has 2 aromatic carbocycles. The van der Waals surface area contributed by atoms with E-state index in [2.05, 4.69) is 15.5 Å². The van der Waals surface area contributed by atoms with Crippen LogP contribution in [0.4, 0.5) is 5.69 Å². The summed E-state index contributed by atoms with van der Waals surface area (Å²) in [7, 11) is 0. The third kappa shape index (κ3) is 5.95. The van der Waals surface area contributed by atoms with Crippen molar-refractivity contribution in [3.05, 3.63) is 64.1 Å². The number of benzene rings is 2. The molecule has 0 unspecified atom stereocenters. The summed E-state index contributed by atoms with van der Waals surface area (Å²) in [6.07, 6.45) is 1.46. The van der Waals surface area contributed by atoms with Gasteiger partial charge in [-0.3, -0.25) is 14.5 Å². The standard InChI is InChI=1S/C22H25Cl2N3O2/c1-15(21(28)26-20-13-18(23)7-8-19(20)24)27-11-9-17(10-12-27)22(29)25-14-16-5-3-2-4-6-16/h2-8,13,15,17H,9-12,14H2,1H3,(H,25,29)(H,26,28)/t15-/m1/s1. The van der Waals surface area contributed by atoms with E-state index in [-0.39, 0.29) is 23.8 Å². The molecular formula is C22H25Cl2N3O2. The van der Waals surface area contributed by atoms with Crippen molar-refractivity contribution in [1.29, 1.82) is 0 Å². The summed E-state index contributed by atoms with van der Waals surface area (Å²) in [6.45, 7) is 3.80. The van der Waals surface area contributed by atoms with Crippen molar-refractivity contribution in [3.8, 4) is 0 Å². The third-order valence-electron chi connectivity index (χ3n) is 5.32. The molecule has 154 valence electrons. The summed E-state index contributed by atoms with van der Waals surface area (Å²) in [5, 5.41) is 6.82. The molecule has 0 bridgehead atoms. The number of carbonyl (C=O) groups is 2. The fourth-order valence-electron chi connectivity index (χ4n) is 3.47. The molecule has 5 nitrogen and oxygen atoms in total. The smallest absolute Gasteiger partial charge is 0.241 e. The van der Waals surface area contributed by atoms with Crippen LogP contribution in [0, 0.1) is 5.92 Å². The fourth-order valence-corrected chi connectivity index (χ4v) is 3.81. The van der Waals surface area contributed by atoms with Crippen LogP contribution in [0.5, 0.6) is 0 Å². The largest absolute Gasteiger partial charge is 0.352 e. The van der Waals surface area contributed by atoms with Gasteiger partial charge in [0.1, 0.15) is 0 Å². The van der Waals surface area contributed by atoms with E-state index in [1.54, 1.807) is 18.2 Å². The molecular weight excluding hydrogens is 409 g/mol. The number of anilines is 1. The summed E-state index contributed by atoms with van der Waals surface area (Å²) in [6, 6.07) is 14.5. The predicted octanol–water partition coefficient (Wildman–Crippen LogP) is 4.35. The molecule has 0 spiro atoms. The van der Waals surface area contributed by atoms with Crippen LogP contribution in [-0.2, 0) is 16.1 Å². The minimum Gasteiger partial charge on any atom is -0.352 e. The second-order valence-electron chi connectivity index (χ2n) is 7.30. The van der Waals surface area contributed by atoms with E-state index in [0.717, 1.165) is 18.4 Å². The Labute approximate surface area is 181 Å². The number of hydrogen-bond donors (Lipinski definition) is 2. The first-order valence-corrected chi connectivity index (χ1v) is 10.5. The lowest BCUT2D eigenvalue weighted by molar-refractivity contribution is -0.127. The van der Waals surface area contributed by atoms with Gasteiger partial charge in [0, 0.05) is 17.5 Å². The zero-order valence-corrected chi connectivity index (χ0v) is 17.8. The first-order valence-electron chi connectivity index (χ1n) is 9.75. The summed E-state index contributed by atoms with van der Waals surface area (Å²) in [5.74, 6) is -0.0786. The lowest BCUT2D eigenvalue weighted by Gasteiger charge is -2.34. The van der Waals surface area contributed by atoms with Crippen LogP contribution in [0.15, 0.2) is 48.5 Å². The van der Waals surface area contributed by atoms with Gasteiger partial charge in [-0.05, 0) is 56.6 Å². The first kappa shape index (κ1) is 21.6. The molecule has 7 heteroatoms. The van der Waals surface area contributed by atoms with Crippen molar-refractivity contribution in [3.63, 3.8) is 0 Å². The van der Waals surface area contributed by atoms with E-state index < -0.39 is 0 Å². The average molecular weight is 434 g/mol. The Balaban J connectivity index is 1.47. The zero-order chi connectivity index (χ0) is 20.8. The lowest BCUT2D eigenvalue weighted by atomic mass is 9.94. The maximum absolute atomic E-state index is 12.6. The molecule has 0 aliphatic carbocycles. The molecule has 2 amide bonds. The molecule has 1 fully saturated rings. The van der Waals surface area contributed by atoms with Crippen molar-refractivity contribution >= 4 is 40.7 Å². The molecule has 0 radical (unpaired) electrons. The summed E-state index contributed by atoms with van der Waals surface area (Å²) >= 11 is 12.1. The Morgan fingerprint density at radius 3 is 2.48 bits per heavy atom. The van der Waals surface area contributed by atoms with Crippen LogP contribution in [-0.4, -0.2) is 35.8 Å². The second kappa shape index (κ2) is 10.1. The normalized spacial score (nSPS) is 16.2. The number of piperidine rings is 1. The van der Waals surface area contributed by atoms with Gasteiger partial charge < -0.3 is 10.6 Å². The van der Waals surface area contributed by atoms with Crippen molar-refractivity contribution in [2.24, 2.45) is 5.92 Å². The third-order valence-corrected chi connectivity index (χ3v) is 5.89. The van der Waals surface area contributed by atoms with Crippen molar-refractivity contribution in [1.82, 2.24) is 10.2 Å². The van der Waals surface area contributed by atoms with Crippen LogP contribution in [0.2, 0.25) is 10.0 Å². The highest BCUT2D eigenvalue weighted by Gasteiger charge is 2.29. The molecule has 1 saturated heterocycles. The molecule has 2 aromatic rings. The predicted molar refractivity (Wildman–Crippen MR) is 117 cm³/mol. The Kier molecular flexibility index (Phi) is 7.53. The van der Waals surface area contributed by atoms with E-state index in [0.29, 0.717) is 35.4 Å². The van der Waals surface area contributed by atoms with Gasteiger partial charge in [0.15, 0.2) is 0 Å². The minimum absolute atomic E-state index is 0.0207. The van der Waals surface area contributed by atoms with E-state index in [4.69, 9.17) is 23.2 Å². The van der Waals surface area contributed by atoms with E-state index >= 15 is 0 Å². The number of carbonyl (C=O) groups excluding carboxylic acids is 2. The zero-order valence-electron chi connectivity index (χ0n) is 16.3. The molecule has 29 heavy (non-hydrogen) atoms. The van der Waals surface area contributed by atoms with Crippen molar-refractivity contribution in [2.45, 2.75) is 32.4 Å². The molecule has 2 N–H and O–H groups in total. The van der Waals surface area contributed by atoms with Crippen molar-refractivity contribution in [2.75, 3.05) is 18.4 Å². The highest BCUT2D eigenvalue weighted by Crippen LogP contribution is 2.26. The van der Waals surface area contributed by atoms with E-state index in [1.165, 1.54) is 0 Å². The average Bonchev–Trinajstić information content (AvgIpc) is 2.75. The number of halogens is 2. The van der Waals surface area contributed by atoms with Gasteiger partial charge >= 0.3 is 0 Å². The lowest BCUT2D eigenvalue weighted by Crippen LogP contribution is -2.48. The van der Waals surface area contributed by atoms with Crippen LogP contribution in [0.3, 0.4) is 0 Å². The Morgan fingerprint density at radius 2 is 1.79 bits per heavy atom. The van der Waals surface area contributed by atoms with Crippen LogP contribution < -0.4 is 10.6 Å². The van der Waals surface area contributed by atoms with E-state index in [1.807, 2.05) is 37.3 Å². The van der Waals surface area contributed by atoms with Gasteiger partial charge in [-0.1, -0.05) is 53.5 Å². The van der Waals surface area contributed by atoms with Gasteiger partial charge in [0.05, 0.1) is 16.8 Å². The van der Waals surface area contributed by atoms with E-state index in [9.17, 15) is 9.59 Å². The summed E-state index contributed by atoms with van der Waals surface area (Å²) < 4.78 is 0. The van der Waals surface area contributed by atoms with Gasteiger partial charge in [0.2, 0.25) is 11.8 Å². The molecule has 1 aliphatic rings. The monoisotopic (exact) mass is 433 g/mol. The topological polar surface area (TPSA) is 61.4 Å². The second-order valence-corrected chi connectivity index (χ2v) is 8.15. The summed E-state index contributed by atoms with van der Waals surface area (Å²) in [4.78, 5) is 27.2. The number of nitrogens with one attached hydrogen (secondary N) is 2. The fraction of sp³-hybridized carbons (Fsp3) is 0.364. The maximum atomic E-state index is 12.6. The number of amides is 2. The molecule has 0 aromatic heterocycles.